The highest BCUT2D eigenvalue weighted by Crippen LogP contribution is 2.40. The SMILES string of the molecule is O=C1NC2=C(C(=O)c3ccccc32)C(c2ccc(OC(F)F)cc2)N1. The number of ketones is 1. The Balaban J connectivity index is 1.74. The number of hydrogen-bond donors (Lipinski definition) is 2. The van der Waals surface area contributed by atoms with Crippen molar-refractivity contribution in [3.05, 3.63) is 70.8 Å². The highest BCUT2D eigenvalue weighted by Gasteiger charge is 2.39. The third-order valence-electron chi connectivity index (χ3n) is 4.20. The van der Waals surface area contributed by atoms with E-state index in [1.54, 1.807) is 36.4 Å². The summed E-state index contributed by atoms with van der Waals surface area (Å²) in [6, 6.07) is 11.8. The molecule has 1 aliphatic heterocycles. The largest absolute Gasteiger partial charge is 0.435 e. The Morgan fingerprint density at radius 1 is 0.960 bits per heavy atom. The van der Waals surface area contributed by atoms with E-state index in [-0.39, 0.29) is 11.5 Å². The molecule has 1 unspecified atom stereocenters. The van der Waals surface area contributed by atoms with Crippen LogP contribution in [0.1, 0.15) is 27.5 Å². The maximum Gasteiger partial charge on any atom is 0.387 e. The number of amides is 2. The zero-order chi connectivity index (χ0) is 17.6. The molecular weight excluding hydrogens is 330 g/mol. The van der Waals surface area contributed by atoms with Crippen molar-refractivity contribution in [2.24, 2.45) is 0 Å². The summed E-state index contributed by atoms with van der Waals surface area (Å²) in [5.41, 5.74) is 2.73. The summed E-state index contributed by atoms with van der Waals surface area (Å²) in [4.78, 5) is 24.8. The molecule has 4 rings (SSSR count). The molecule has 2 aromatic rings. The fourth-order valence-corrected chi connectivity index (χ4v) is 3.16. The quantitative estimate of drug-likeness (QED) is 0.900. The Bertz CT molecular complexity index is 907. The molecule has 1 heterocycles. The summed E-state index contributed by atoms with van der Waals surface area (Å²) < 4.78 is 28.9. The molecule has 0 bridgehead atoms. The molecule has 0 saturated carbocycles. The van der Waals surface area contributed by atoms with Crippen LogP contribution in [0.4, 0.5) is 13.6 Å². The number of urea groups is 1. The normalized spacial score (nSPS) is 18.6. The molecule has 0 aromatic heterocycles. The molecule has 126 valence electrons. The number of carbonyl (C=O) groups is 2. The van der Waals surface area contributed by atoms with Crippen LogP contribution in [0.25, 0.3) is 5.70 Å². The van der Waals surface area contributed by atoms with Crippen LogP contribution in [0.15, 0.2) is 54.1 Å². The van der Waals surface area contributed by atoms with Gasteiger partial charge in [0.2, 0.25) is 0 Å². The molecule has 0 radical (unpaired) electrons. The van der Waals surface area contributed by atoms with Gasteiger partial charge < -0.3 is 15.4 Å². The lowest BCUT2D eigenvalue weighted by molar-refractivity contribution is -0.0498. The summed E-state index contributed by atoms with van der Waals surface area (Å²) >= 11 is 0. The summed E-state index contributed by atoms with van der Waals surface area (Å²) in [5, 5.41) is 5.40. The number of fused-ring (bicyclic) bond motifs is 2. The first-order valence-corrected chi connectivity index (χ1v) is 7.55. The maximum atomic E-state index is 12.8. The van der Waals surface area contributed by atoms with Crippen molar-refractivity contribution in [2.45, 2.75) is 12.7 Å². The molecule has 2 aromatic carbocycles. The van der Waals surface area contributed by atoms with Crippen LogP contribution < -0.4 is 15.4 Å². The van der Waals surface area contributed by atoms with Crippen molar-refractivity contribution in [1.82, 2.24) is 10.6 Å². The van der Waals surface area contributed by atoms with Crippen LogP contribution in [0.5, 0.6) is 5.75 Å². The molecule has 2 amide bonds. The Hall–Kier alpha value is -3.22. The summed E-state index contributed by atoms with van der Waals surface area (Å²) in [5.74, 6) is -0.162. The number of ether oxygens (including phenoxy) is 1. The number of benzene rings is 2. The molecule has 5 nitrogen and oxygen atoms in total. The average Bonchev–Trinajstić information content (AvgIpc) is 2.88. The highest BCUT2D eigenvalue weighted by molar-refractivity contribution is 6.23. The monoisotopic (exact) mass is 342 g/mol. The molecule has 0 spiro atoms. The second kappa shape index (κ2) is 5.70. The van der Waals surface area contributed by atoms with Crippen LogP contribution in [0.3, 0.4) is 0 Å². The van der Waals surface area contributed by atoms with Crippen LogP contribution in [-0.2, 0) is 0 Å². The lowest BCUT2D eigenvalue weighted by Crippen LogP contribution is -2.43. The minimum Gasteiger partial charge on any atom is -0.435 e. The number of rotatable bonds is 3. The molecule has 0 fully saturated rings. The third-order valence-corrected chi connectivity index (χ3v) is 4.20. The summed E-state index contributed by atoms with van der Waals surface area (Å²) in [6.07, 6.45) is 0. The molecular formula is C18H12F2N2O3. The number of nitrogens with one attached hydrogen (secondary N) is 2. The van der Waals surface area contributed by atoms with E-state index >= 15 is 0 Å². The zero-order valence-corrected chi connectivity index (χ0v) is 12.8. The van der Waals surface area contributed by atoms with Crippen LogP contribution >= 0.6 is 0 Å². The van der Waals surface area contributed by atoms with Gasteiger partial charge in [0.1, 0.15) is 5.75 Å². The molecule has 7 heteroatoms. The first-order chi connectivity index (χ1) is 12.0. The standard InChI is InChI=1S/C18H12F2N2O3/c19-17(20)25-10-7-5-9(6-8-10)14-13-15(22-18(24)21-14)11-3-1-2-4-12(11)16(13)23/h1-8,14,17H,(H2,21,22,24). The van der Waals surface area contributed by atoms with Crippen molar-refractivity contribution in [3.8, 4) is 5.75 Å². The van der Waals surface area contributed by atoms with Crippen molar-refractivity contribution in [2.75, 3.05) is 0 Å². The fraction of sp³-hybridized carbons (Fsp3) is 0.111. The van der Waals surface area contributed by atoms with Gasteiger partial charge in [-0.15, -0.1) is 0 Å². The number of Topliss-reactive ketones (excluding diaryl/α,β-unsaturated/α-hetero) is 1. The Morgan fingerprint density at radius 2 is 1.64 bits per heavy atom. The van der Waals surface area contributed by atoms with Crippen molar-refractivity contribution < 1.29 is 23.1 Å². The lowest BCUT2D eigenvalue weighted by Gasteiger charge is -2.26. The predicted molar refractivity (Wildman–Crippen MR) is 85.2 cm³/mol. The highest BCUT2D eigenvalue weighted by atomic mass is 19.3. The molecule has 0 saturated heterocycles. The van der Waals surface area contributed by atoms with Crippen molar-refractivity contribution >= 4 is 17.5 Å². The summed E-state index contributed by atoms with van der Waals surface area (Å²) in [7, 11) is 0. The first-order valence-electron chi connectivity index (χ1n) is 7.55. The Kier molecular flexibility index (Phi) is 3.49. The number of alkyl halides is 2. The molecule has 1 atom stereocenters. The van der Waals surface area contributed by atoms with E-state index in [9.17, 15) is 18.4 Å². The topological polar surface area (TPSA) is 67.4 Å². The van der Waals surface area contributed by atoms with Crippen molar-refractivity contribution in [3.63, 3.8) is 0 Å². The Labute approximate surface area is 141 Å². The zero-order valence-electron chi connectivity index (χ0n) is 12.8. The Morgan fingerprint density at radius 3 is 2.32 bits per heavy atom. The maximum absolute atomic E-state index is 12.8. The predicted octanol–water partition coefficient (Wildman–Crippen LogP) is 3.25. The van der Waals surface area contributed by atoms with Crippen molar-refractivity contribution in [1.29, 1.82) is 0 Å². The second-order valence-corrected chi connectivity index (χ2v) is 5.64. The van der Waals surface area contributed by atoms with E-state index in [0.29, 0.717) is 28.0 Å². The van der Waals surface area contributed by atoms with Gasteiger partial charge in [0.25, 0.3) is 0 Å². The third kappa shape index (κ3) is 2.53. The fourth-order valence-electron chi connectivity index (χ4n) is 3.16. The van der Waals surface area contributed by atoms with E-state index in [0.717, 1.165) is 0 Å². The van der Waals surface area contributed by atoms with E-state index in [2.05, 4.69) is 15.4 Å². The van der Waals surface area contributed by atoms with Gasteiger partial charge in [-0.1, -0.05) is 36.4 Å². The van der Waals surface area contributed by atoms with Gasteiger partial charge >= 0.3 is 12.6 Å². The second-order valence-electron chi connectivity index (χ2n) is 5.64. The van der Waals surface area contributed by atoms with Gasteiger partial charge in [0.05, 0.1) is 17.3 Å². The minimum absolute atomic E-state index is 0.00856. The van der Waals surface area contributed by atoms with Gasteiger partial charge in [-0.25, -0.2) is 4.79 Å². The van der Waals surface area contributed by atoms with E-state index in [1.165, 1.54) is 12.1 Å². The van der Waals surface area contributed by atoms with Gasteiger partial charge in [0.15, 0.2) is 5.78 Å². The molecule has 2 aliphatic rings. The summed E-state index contributed by atoms with van der Waals surface area (Å²) in [6.45, 7) is -2.91. The van der Waals surface area contributed by atoms with Crippen LogP contribution in [0, 0.1) is 0 Å². The average molecular weight is 342 g/mol. The van der Waals surface area contributed by atoms with Crippen LogP contribution in [0.2, 0.25) is 0 Å². The number of hydrogen-bond acceptors (Lipinski definition) is 3. The van der Waals surface area contributed by atoms with Gasteiger partial charge in [0, 0.05) is 11.1 Å². The smallest absolute Gasteiger partial charge is 0.387 e. The van der Waals surface area contributed by atoms with Gasteiger partial charge in [-0.2, -0.15) is 8.78 Å². The van der Waals surface area contributed by atoms with Gasteiger partial charge in [-0.05, 0) is 17.7 Å². The molecule has 1 aliphatic carbocycles. The van der Waals surface area contributed by atoms with E-state index in [4.69, 9.17) is 0 Å². The first kappa shape index (κ1) is 15.3. The lowest BCUT2D eigenvalue weighted by atomic mass is 9.94. The molecule has 2 N–H and O–H groups in total. The van der Waals surface area contributed by atoms with Gasteiger partial charge in [-0.3, -0.25) is 4.79 Å². The minimum atomic E-state index is -2.91. The number of halogens is 2. The molecule has 25 heavy (non-hydrogen) atoms. The van der Waals surface area contributed by atoms with E-state index in [1.807, 2.05) is 0 Å². The van der Waals surface area contributed by atoms with Crippen LogP contribution in [-0.4, -0.2) is 18.4 Å². The van der Waals surface area contributed by atoms with E-state index < -0.39 is 18.7 Å². The number of carbonyl (C=O) groups excluding carboxylic acids is 2.